The summed E-state index contributed by atoms with van der Waals surface area (Å²) in [6.07, 6.45) is 1.59. The molecule has 0 aliphatic heterocycles. The number of thiocarbonyl (C=S) groups is 1. The molecule has 1 aromatic rings. The van der Waals surface area contributed by atoms with Gasteiger partial charge in [0.25, 0.3) is 10.0 Å². The molecule has 0 spiro atoms. The van der Waals surface area contributed by atoms with Crippen molar-refractivity contribution in [1.82, 2.24) is 14.7 Å². The minimum absolute atomic E-state index is 0.0415. The molecule has 0 radical (unpaired) electrons. The molecule has 16 heavy (non-hydrogen) atoms. The minimum Gasteiger partial charge on any atom is -0.393 e. The molecule has 1 rings (SSSR count). The number of aromatic amines is 1. The Labute approximate surface area is 99.7 Å². The van der Waals surface area contributed by atoms with E-state index in [0.717, 1.165) is 0 Å². The first-order chi connectivity index (χ1) is 7.31. The fourth-order valence-electron chi connectivity index (χ4n) is 1.21. The molecule has 0 aliphatic carbocycles. The second-order valence-corrected chi connectivity index (χ2v) is 5.73. The van der Waals surface area contributed by atoms with Crippen LogP contribution in [-0.2, 0) is 10.0 Å². The number of rotatable bonds is 5. The second kappa shape index (κ2) is 4.89. The lowest BCUT2D eigenvalue weighted by Gasteiger charge is -2.11. The first-order valence-corrected chi connectivity index (χ1v) is 6.52. The van der Waals surface area contributed by atoms with Crippen molar-refractivity contribution in [1.29, 1.82) is 0 Å². The van der Waals surface area contributed by atoms with Crippen molar-refractivity contribution in [2.75, 3.05) is 0 Å². The number of nitrogens with two attached hydrogens (primary N) is 1. The highest BCUT2D eigenvalue weighted by molar-refractivity contribution is 7.89. The van der Waals surface area contributed by atoms with E-state index in [9.17, 15) is 8.42 Å². The predicted octanol–water partition coefficient (Wildman–Crippen LogP) is 0.0611. The third kappa shape index (κ3) is 3.54. The van der Waals surface area contributed by atoms with E-state index < -0.39 is 10.0 Å². The van der Waals surface area contributed by atoms with Crippen molar-refractivity contribution < 1.29 is 8.42 Å². The summed E-state index contributed by atoms with van der Waals surface area (Å²) >= 11 is 4.70. The van der Waals surface area contributed by atoms with Crippen LogP contribution < -0.4 is 10.5 Å². The normalized spacial score (nSPS) is 13.6. The topological polar surface area (TPSA) is 101 Å². The summed E-state index contributed by atoms with van der Waals surface area (Å²) in [5.74, 6) is 0.544. The first kappa shape index (κ1) is 13.1. The molecule has 0 fully saturated rings. The molecule has 1 aromatic heterocycles. The number of nitrogens with one attached hydrogen (secondary N) is 2. The average molecular weight is 262 g/mol. The predicted molar refractivity (Wildman–Crippen MR) is 64.5 cm³/mol. The first-order valence-electron chi connectivity index (χ1n) is 4.63. The highest BCUT2D eigenvalue weighted by Gasteiger charge is 2.19. The van der Waals surface area contributed by atoms with Gasteiger partial charge in [-0.1, -0.05) is 12.2 Å². The Bertz CT molecular complexity index is 480. The van der Waals surface area contributed by atoms with E-state index in [4.69, 9.17) is 18.0 Å². The molecular formula is C8H14N4O2S2. The van der Waals surface area contributed by atoms with Gasteiger partial charge < -0.3 is 10.7 Å². The van der Waals surface area contributed by atoms with Gasteiger partial charge in [0.15, 0.2) is 5.03 Å². The van der Waals surface area contributed by atoms with Crippen molar-refractivity contribution in [3.05, 3.63) is 12.0 Å². The van der Waals surface area contributed by atoms with Crippen molar-refractivity contribution in [2.45, 2.75) is 31.3 Å². The molecule has 0 saturated carbocycles. The maximum Gasteiger partial charge on any atom is 0.257 e. The van der Waals surface area contributed by atoms with Crippen LogP contribution in [-0.4, -0.2) is 29.4 Å². The van der Waals surface area contributed by atoms with E-state index in [1.165, 1.54) is 6.20 Å². The quantitative estimate of drug-likeness (QED) is 0.651. The SMILES string of the molecule is Cc1ncc(S(=O)(=O)NC(C)CC(N)=S)[nH]1. The lowest BCUT2D eigenvalue weighted by atomic mass is 10.3. The summed E-state index contributed by atoms with van der Waals surface area (Å²) in [4.78, 5) is 6.75. The number of nitrogens with zero attached hydrogens (tertiary/aromatic N) is 1. The minimum atomic E-state index is -3.57. The Hall–Kier alpha value is -0.990. The summed E-state index contributed by atoms with van der Waals surface area (Å²) in [5.41, 5.74) is 5.33. The molecule has 0 aliphatic rings. The van der Waals surface area contributed by atoms with Crippen LogP contribution in [0.15, 0.2) is 11.2 Å². The van der Waals surface area contributed by atoms with Gasteiger partial charge >= 0.3 is 0 Å². The summed E-state index contributed by atoms with van der Waals surface area (Å²) in [6.45, 7) is 3.37. The number of imidazole rings is 1. The number of aromatic nitrogens is 2. The highest BCUT2D eigenvalue weighted by atomic mass is 32.2. The highest BCUT2D eigenvalue weighted by Crippen LogP contribution is 2.06. The fraction of sp³-hybridized carbons (Fsp3) is 0.500. The van der Waals surface area contributed by atoms with Crippen LogP contribution in [0.1, 0.15) is 19.2 Å². The second-order valence-electron chi connectivity index (χ2n) is 3.53. The van der Waals surface area contributed by atoms with Gasteiger partial charge in [0.1, 0.15) is 5.82 Å². The van der Waals surface area contributed by atoms with E-state index in [0.29, 0.717) is 12.2 Å². The van der Waals surface area contributed by atoms with Gasteiger partial charge in [-0.3, -0.25) is 0 Å². The Morgan fingerprint density at radius 2 is 2.38 bits per heavy atom. The lowest BCUT2D eigenvalue weighted by molar-refractivity contribution is 0.561. The fourth-order valence-corrected chi connectivity index (χ4v) is 2.67. The van der Waals surface area contributed by atoms with E-state index in [1.807, 2.05) is 0 Å². The van der Waals surface area contributed by atoms with Crippen LogP contribution >= 0.6 is 12.2 Å². The zero-order valence-corrected chi connectivity index (χ0v) is 10.7. The largest absolute Gasteiger partial charge is 0.393 e. The van der Waals surface area contributed by atoms with Gasteiger partial charge in [0.05, 0.1) is 11.2 Å². The average Bonchev–Trinajstić information content (AvgIpc) is 2.49. The molecule has 1 atom stereocenters. The molecule has 0 aromatic carbocycles. The standard InChI is InChI=1S/C8H14N4O2S2/c1-5(3-7(9)15)12-16(13,14)8-4-10-6(2)11-8/h4-5,12H,3H2,1-2H3,(H2,9,15)(H,10,11). The zero-order valence-electron chi connectivity index (χ0n) is 9.02. The van der Waals surface area contributed by atoms with Crippen LogP contribution in [0.25, 0.3) is 0 Å². The maximum atomic E-state index is 11.8. The Morgan fingerprint density at radius 3 is 2.81 bits per heavy atom. The molecule has 1 unspecified atom stereocenters. The van der Waals surface area contributed by atoms with Crippen molar-refractivity contribution >= 4 is 27.2 Å². The number of sulfonamides is 1. The van der Waals surface area contributed by atoms with Crippen LogP contribution in [0.3, 0.4) is 0 Å². The van der Waals surface area contributed by atoms with Crippen LogP contribution in [0.5, 0.6) is 0 Å². The molecule has 0 saturated heterocycles. The van der Waals surface area contributed by atoms with E-state index in [1.54, 1.807) is 13.8 Å². The Morgan fingerprint density at radius 1 is 1.75 bits per heavy atom. The molecule has 6 nitrogen and oxygen atoms in total. The molecule has 8 heteroatoms. The molecule has 0 amide bonds. The monoisotopic (exact) mass is 262 g/mol. The number of hydrogen-bond donors (Lipinski definition) is 3. The van der Waals surface area contributed by atoms with Gasteiger partial charge in [-0.2, -0.15) is 0 Å². The van der Waals surface area contributed by atoms with Crippen molar-refractivity contribution in [2.24, 2.45) is 5.73 Å². The third-order valence-corrected chi connectivity index (χ3v) is 3.50. The number of H-pyrrole nitrogens is 1. The van der Waals surface area contributed by atoms with E-state index in [-0.39, 0.29) is 16.1 Å². The summed E-state index contributed by atoms with van der Waals surface area (Å²) in [6, 6.07) is -0.342. The Balaban J connectivity index is 2.76. The lowest BCUT2D eigenvalue weighted by Crippen LogP contribution is -2.35. The summed E-state index contributed by atoms with van der Waals surface area (Å²) < 4.78 is 26.0. The van der Waals surface area contributed by atoms with E-state index >= 15 is 0 Å². The molecule has 0 bridgehead atoms. The Kier molecular flexibility index (Phi) is 4.00. The molecule has 90 valence electrons. The van der Waals surface area contributed by atoms with Gasteiger partial charge in [-0.05, 0) is 13.8 Å². The maximum absolute atomic E-state index is 11.8. The zero-order chi connectivity index (χ0) is 12.3. The summed E-state index contributed by atoms with van der Waals surface area (Å²) in [7, 11) is -3.57. The molecule has 1 heterocycles. The van der Waals surface area contributed by atoms with Crippen molar-refractivity contribution in [3.63, 3.8) is 0 Å². The third-order valence-electron chi connectivity index (χ3n) is 1.83. The van der Waals surface area contributed by atoms with Gasteiger partial charge in [0, 0.05) is 12.5 Å². The van der Waals surface area contributed by atoms with Gasteiger partial charge in [-0.25, -0.2) is 18.1 Å². The molecular weight excluding hydrogens is 248 g/mol. The summed E-state index contributed by atoms with van der Waals surface area (Å²) in [5, 5.41) is 0.0415. The smallest absolute Gasteiger partial charge is 0.257 e. The van der Waals surface area contributed by atoms with E-state index in [2.05, 4.69) is 14.7 Å². The van der Waals surface area contributed by atoms with Gasteiger partial charge in [-0.15, -0.1) is 0 Å². The number of hydrogen-bond acceptors (Lipinski definition) is 4. The van der Waals surface area contributed by atoms with Crippen LogP contribution in [0, 0.1) is 6.92 Å². The van der Waals surface area contributed by atoms with Crippen molar-refractivity contribution in [3.8, 4) is 0 Å². The number of aryl methyl sites for hydroxylation is 1. The molecule has 4 N–H and O–H groups in total. The van der Waals surface area contributed by atoms with Crippen LogP contribution in [0.2, 0.25) is 0 Å². The van der Waals surface area contributed by atoms with Gasteiger partial charge in [0.2, 0.25) is 0 Å². The van der Waals surface area contributed by atoms with Crippen LogP contribution in [0.4, 0.5) is 0 Å².